The van der Waals surface area contributed by atoms with Crippen LogP contribution in [0.1, 0.15) is 5.56 Å². The van der Waals surface area contributed by atoms with Crippen LogP contribution >= 0.6 is 31.9 Å². The van der Waals surface area contributed by atoms with Gasteiger partial charge in [-0.05, 0) is 52.7 Å². The zero-order valence-corrected chi connectivity index (χ0v) is 13.7. The highest BCUT2D eigenvalue weighted by Crippen LogP contribution is 2.29. The first kappa shape index (κ1) is 13.6. The van der Waals surface area contributed by atoms with Gasteiger partial charge in [-0.15, -0.1) is 0 Å². The molecule has 20 heavy (non-hydrogen) atoms. The number of hydrogen-bond donors (Lipinski definition) is 1. The molecule has 2 aromatic carbocycles. The van der Waals surface area contributed by atoms with Crippen LogP contribution in [0.3, 0.4) is 0 Å². The molecule has 0 amide bonds. The Morgan fingerprint density at radius 1 is 1.15 bits per heavy atom. The summed E-state index contributed by atoms with van der Waals surface area (Å²) in [6, 6.07) is 8.95. The highest BCUT2D eigenvalue weighted by Gasteiger charge is 2.13. The van der Waals surface area contributed by atoms with Crippen LogP contribution in [-0.2, 0) is 0 Å². The Balaban J connectivity index is 2.32. The molecule has 0 bridgehead atoms. The third kappa shape index (κ3) is 2.13. The Morgan fingerprint density at radius 2 is 1.90 bits per heavy atom. The lowest BCUT2D eigenvalue weighted by molar-refractivity contribution is 0.623. The highest BCUT2D eigenvalue weighted by atomic mass is 79.9. The second-order valence-electron chi connectivity index (χ2n) is 4.49. The van der Waals surface area contributed by atoms with Gasteiger partial charge in [0.25, 0.3) is 0 Å². The summed E-state index contributed by atoms with van der Waals surface area (Å²) in [7, 11) is 0. The topological polar surface area (TPSA) is 43.8 Å². The van der Waals surface area contributed by atoms with Crippen LogP contribution in [0, 0.1) is 12.7 Å². The molecule has 3 nitrogen and oxygen atoms in total. The molecule has 0 aliphatic rings. The number of fused-ring (bicyclic) bond motifs is 1. The molecule has 0 saturated carbocycles. The first-order valence-corrected chi connectivity index (χ1v) is 7.45. The lowest BCUT2D eigenvalue weighted by atomic mass is 10.2. The molecule has 0 radical (unpaired) electrons. The number of halogens is 3. The van der Waals surface area contributed by atoms with Gasteiger partial charge in [0.05, 0.1) is 15.5 Å². The second-order valence-corrected chi connectivity index (χ2v) is 6.20. The van der Waals surface area contributed by atoms with Gasteiger partial charge in [0, 0.05) is 16.2 Å². The molecular weight excluding hydrogens is 389 g/mol. The van der Waals surface area contributed by atoms with E-state index in [1.165, 1.54) is 6.07 Å². The van der Waals surface area contributed by atoms with E-state index in [9.17, 15) is 4.39 Å². The first-order valence-electron chi connectivity index (χ1n) is 5.87. The molecule has 3 rings (SSSR count). The Hall–Kier alpha value is -1.40. The number of benzene rings is 2. The van der Waals surface area contributed by atoms with E-state index in [0.717, 1.165) is 21.2 Å². The SMILES string of the molecule is Cc1cc(-n2c(N)nc3cc(F)c(Br)cc32)ccc1Br. The van der Waals surface area contributed by atoms with Crippen molar-refractivity contribution in [1.82, 2.24) is 9.55 Å². The van der Waals surface area contributed by atoms with Gasteiger partial charge < -0.3 is 5.73 Å². The average Bonchev–Trinajstić information content (AvgIpc) is 2.69. The van der Waals surface area contributed by atoms with Gasteiger partial charge in [0.2, 0.25) is 5.95 Å². The number of aryl methyl sites for hydroxylation is 1. The smallest absolute Gasteiger partial charge is 0.205 e. The Kier molecular flexibility index (Phi) is 3.30. The summed E-state index contributed by atoms with van der Waals surface area (Å²) in [5.74, 6) is -0.0200. The van der Waals surface area contributed by atoms with Crippen molar-refractivity contribution in [3.8, 4) is 5.69 Å². The van der Waals surface area contributed by atoms with Crippen molar-refractivity contribution in [3.05, 3.63) is 50.7 Å². The third-order valence-electron chi connectivity index (χ3n) is 3.12. The second kappa shape index (κ2) is 4.86. The molecule has 102 valence electrons. The number of rotatable bonds is 1. The Morgan fingerprint density at radius 3 is 2.60 bits per heavy atom. The number of nitrogens with two attached hydrogens (primary N) is 1. The molecular formula is C14H10Br2FN3. The summed E-state index contributed by atoms with van der Waals surface area (Å²) < 4.78 is 16.8. The fraction of sp³-hybridized carbons (Fsp3) is 0.0714. The fourth-order valence-corrected chi connectivity index (χ4v) is 2.71. The molecule has 6 heteroatoms. The Bertz CT molecular complexity index is 827. The van der Waals surface area contributed by atoms with Crippen LogP contribution in [-0.4, -0.2) is 9.55 Å². The number of nitrogens with zero attached hydrogens (tertiary/aromatic N) is 2. The van der Waals surface area contributed by atoms with Crippen molar-refractivity contribution in [2.75, 3.05) is 5.73 Å². The van der Waals surface area contributed by atoms with Crippen LogP contribution < -0.4 is 5.73 Å². The zero-order chi connectivity index (χ0) is 14.4. The van der Waals surface area contributed by atoms with Gasteiger partial charge in [-0.25, -0.2) is 9.37 Å². The van der Waals surface area contributed by atoms with Crippen molar-refractivity contribution in [3.63, 3.8) is 0 Å². The normalized spacial score (nSPS) is 11.2. The van der Waals surface area contributed by atoms with E-state index in [1.807, 2.05) is 25.1 Å². The van der Waals surface area contributed by atoms with Crippen molar-refractivity contribution in [2.24, 2.45) is 0 Å². The molecule has 0 unspecified atom stereocenters. The summed E-state index contributed by atoms with van der Waals surface area (Å²) in [5.41, 5.74) is 9.25. The number of anilines is 1. The molecule has 0 aliphatic carbocycles. The summed E-state index contributed by atoms with van der Waals surface area (Å²) in [4.78, 5) is 4.21. The quantitative estimate of drug-likeness (QED) is 0.651. The van der Waals surface area contributed by atoms with Crippen LogP contribution in [0.4, 0.5) is 10.3 Å². The monoisotopic (exact) mass is 397 g/mol. The molecule has 3 aromatic rings. The van der Waals surface area contributed by atoms with Crippen LogP contribution in [0.25, 0.3) is 16.7 Å². The standard InChI is InChI=1S/C14H10Br2FN3/c1-7-4-8(2-3-9(7)15)20-13-5-10(16)11(17)6-12(13)19-14(20)18/h2-6H,1H3,(H2,18,19). The molecule has 1 heterocycles. The molecule has 0 aliphatic heterocycles. The molecule has 0 fully saturated rings. The van der Waals surface area contributed by atoms with E-state index in [2.05, 4.69) is 36.8 Å². The van der Waals surface area contributed by atoms with Crippen molar-refractivity contribution in [1.29, 1.82) is 0 Å². The molecule has 0 spiro atoms. The largest absolute Gasteiger partial charge is 0.369 e. The maximum atomic E-state index is 13.6. The van der Waals surface area contributed by atoms with Gasteiger partial charge >= 0.3 is 0 Å². The van der Waals surface area contributed by atoms with Gasteiger partial charge in [-0.1, -0.05) is 15.9 Å². The van der Waals surface area contributed by atoms with Gasteiger partial charge in [0.1, 0.15) is 5.82 Å². The highest BCUT2D eigenvalue weighted by molar-refractivity contribution is 9.10. The molecule has 2 N–H and O–H groups in total. The summed E-state index contributed by atoms with van der Waals surface area (Å²) in [6.07, 6.45) is 0. The maximum absolute atomic E-state index is 13.6. The van der Waals surface area contributed by atoms with E-state index in [-0.39, 0.29) is 5.82 Å². The molecule has 0 saturated heterocycles. The van der Waals surface area contributed by atoms with Crippen molar-refractivity contribution >= 4 is 48.8 Å². The number of aromatic nitrogens is 2. The van der Waals surface area contributed by atoms with Gasteiger partial charge in [-0.3, -0.25) is 4.57 Å². The van der Waals surface area contributed by atoms with E-state index in [0.29, 0.717) is 15.9 Å². The average molecular weight is 399 g/mol. The predicted molar refractivity (Wildman–Crippen MR) is 85.6 cm³/mol. The maximum Gasteiger partial charge on any atom is 0.205 e. The fourth-order valence-electron chi connectivity index (χ4n) is 2.13. The van der Waals surface area contributed by atoms with Crippen LogP contribution in [0.2, 0.25) is 0 Å². The number of imidazole rings is 1. The van der Waals surface area contributed by atoms with Crippen LogP contribution in [0.5, 0.6) is 0 Å². The minimum Gasteiger partial charge on any atom is -0.369 e. The summed E-state index contributed by atoms with van der Waals surface area (Å²) >= 11 is 6.66. The third-order valence-corrected chi connectivity index (χ3v) is 4.62. The first-order chi connectivity index (χ1) is 9.47. The summed E-state index contributed by atoms with van der Waals surface area (Å²) in [6.45, 7) is 2.00. The minimum absolute atomic E-state index is 0.333. The van der Waals surface area contributed by atoms with Crippen molar-refractivity contribution < 1.29 is 4.39 Å². The predicted octanol–water partition coefficient (Wildman–Crippen LogP) is 4.58. The van der Waals surface area contributed by atoms with Gasteiger partial charge in [0.15, 0.2) is 0 Å². The van der Waals surface area contributed by atoms with E-state index in [4.69, 9.17) is 5.73 Å². The van der Waals surface area contributed by atoms with E-state index >= 15 is 0 Å². The van der Waals surface area contributed by atoms with Crippen molar-refractivity contribution in [2.45, 2.75) is 6.92 Å². The number of nitrogen functional groups attached to an aromatic ring is 1. The van der Waals surface area contributed by atoms with E-state index < -0.39 is 0 Å². The molecule has 1 aromatic heterocycles. The van der Waals surface area contributed by atoms with Crippen LogP contribution in [0.15, 0.2) is 39.3 Å². The van der Waals surface area contributed by atoms with Gasteiger partial charge in [-0.2, -0.15) is 0 Å². The zero-order valence-electron chi connectivity index (χ0n) is 10.5. The van der Waals surface area contributed by atoms with E-state index in [1.54, 1.807) is 10.6 Å². The lowest BCUT2D eigenvalue weighted by Gasteiger charge is -2.09. The lowest BCUT2D eigenvalue weighted by Crippen LogP contribution is -2.01. The summed E-state index contributed by atoms with van der Waals surface area (Å²) in [5, 5.41) is 0. The Labute approximate surface area is 131 Å². The number of hydrogen-bond acceptors (Lipinski definition) is 2. The molecule has 0 atom stereocenters. The minimum atomic E-state index is -0.353.